The van der Waals surface area contributed by atoms with Crippen LogP contribution in [0.25, 0.3) is 0 Å². The lowest BCUT2D eigenvalue weighted by molar-refractivity contribution is -0.136. The number of fused-ring (bicyclic) bond motifs is 1. The summed E-state index contributed by atoms with van der Waals surface area (Å²) in [7, 11) is 0. The van der Waals surface area contributed by atoms with Crippen LogP contribution in [-0.2, 0) is 16.1 Å². The fraction of sp³-hybridized carbons (Fsp3) is 0.318. The van der Waals surface area contributed by atoms with Crippen molar-refractivity contribution in [2.75, 3.05) is 41.3 Å². The summed E-state index contributed by atoms with van der Waals surface area (Å²) in [5.41, 5.74) is 3.73. The van der Waals surface area contributed by atoms with Crippen LogP contribution in [0.3, 0.4) is 0 Å². The molecule has 7 amide bonds. The number of piperidine rings is 1. The summed E-state index contributed by atoms with van der Waals surface area (Å²) in [4.78, 5) is 89.1. The average Bonchev–Trinajstić information content (AvgIpc) is 3.52. The van der Waals surface area contributed by atoms with Crippen molar-refractivity contribution in [1.29, 1.82) is 5.26 Å². The fourth-order valence-corrected chi connectivity index (χ4v) is 8.36. The summed E-state index contributed by atoms with van der Waals surface area (Å²) in [6.07, 6.45) is 4.90. The molecule has 1 aliphatic carbocycles. The lowest BCUT2D eigenvalue weighted by Gasteiger charge is -2.38. The Labute approximate surface area is 341 Å². The maximum Gasteiger partial charge on any atom is 0.322 e. The molecule has 4 aliphatic rings. The Kier molecular flexibility index (Phi) is 11.0. The van der Waals surface area contributed by atoms with Gasteiger partial charge in [0, 0.05) is 74.4 Å². The quantitative estimate of drug-likeness (QED) is 0.204. The maximum atomic E-state index is 13.9. The van der Waals surface area contributed by atoms with E-state index in [1.807, 2.05) is 65.6 Å². The molecule has 2 saturated heterocycles. The van der Waals surface area contributed by atoms with E-state index in [-0.39, 0.29) is 53.6 Å². The molecule has 3 fully saturated rings. The number of urea groups is 1. The molecule has 4 heterocycles. The van der Waals surface area contributed by atoms with Crippen molar-refractivity contribution < 1.29 is 28.8 Å². The molecule has 1 saturated carbocycles. The normalized spacial score (nSPS) is 20.4. The number of anilines is 3. The number of nitriles is 1. The van der Waals surface area contributed by atoms with Crippen LogP contribution in [0.15, 0.2) is 91.1 Å². The number of aromatic nitrogens is 1. The van der Waals surface area contributed by atoms with E-state index < -0.39 is 29.7 Å². The highest BCUT2D eigenvalue weighted by atomic mass is 16.2. The summed E-state index contributed by atoms with van der Waals surface area (Å²) in [5, 5.41) is 17.9. The molecule has 0 bridgehead atoms. The Hall–Kier alpha value is -7.08. The van der Waals surface area contributed by atoms with E-state index in [4.69, 9.17) is 5.26 Å². The fourth-order valence-electron chi connectivity index (χ4n) is 8.36. The number of piperazine rings is 1. The first-order valence-electron chi connectivity index (χ1n) is 19.9. The van der Waals surface area contributed by atoms with Gasteiger partial charge in [-0.25, -0.2) is 9.78 Å². The van der Waals surface area contributed by atoms with Crippen LogP contribution < -0.4 is 25.8 Å². The van der Waals surface area contributed by atoms with Gasteiger partial charge >= 0.3 is 6.03 Å². The minimum Gasteiger partial charge on any atom is -0.368 e. The van der Waals surface area contributed by atoms with E-state index in [1.165, 1.54) is 18.2 Å². The van der Waals surface area contributed by atoms with Gasteiger partial charge in [0.25, 0.3) is 17.7 Å². The van der Waals surface area contributed by atoms with Crippen molar-refractivity contribution in [2.24, 2.45) is 0 Å². The van der Waals surface area contributed by atoms with Crippen molar-refractivity contribution in [1.82, 2.24) is 25.4 Å². The first kappa shape index (κ1) is 38.8. The van der Waals surface area contributed by atoms with Gasteiger partial charge in [-0.3, -0.25) is 39.1 Å². The topological polar surface area (TPSA) is 188 Å². The first-order valence-corrected chi connectivity index (χ1v) is 19.9. The molecule has 1 aromatic heterocycles. The van der Waals surface area contributed by atoms with Crippen molar-refractivity contribution in [3.8, 4) is 6.07 Å². The summed E-state index contributed by atoms with van der Waals surface area (Å²) < 4.78 is 0. The van der Waals surface area contributed by atoms with Crippen molar-refractivity contribution in [2.45, 2.75) is 63.2 Å². The molecular weight excluding hydrogens is 751 g/mol. The molecule has 300 valence electrons. The average molecular weight is 794 g/mol. The molecule has 3 N–H and O–H groups in total. The van der Waals surface area contributed by atoms with E-state index in [0.29, 0.717) is 38.3 Å². The molecular formula is C44H43N9O6. The number of nitrogens with zero attached hydrogens (tertiary/aromatic N) is 6. The third kappa shape index (κ3) is 8.20. The number of pyridine rings is 1. The van der Waals surface area contributed by atoms with Gasteiger partial charge in [0.1, 0.15) is 17.9 Å². The standard InChI is InChI=1S/C44H43N9O6/c45-25-29-6-18-38(46-27-29)48-31-8-10-33(11-9-31)52(44(59)47-26-28-4-2-1-3-5-28)34-14-12-32(13-15-34)50-20-22-51(23-21-50)41(56)30-7-16-35-36(24-30)43(58)53(42(35)57)37-17-19-39(54)49-40(37)55/h1-7,12-16,18,24,27,31,33,37H,8-11,17,19-23,26H2,(H,46,48)(H,47,59)(H,49,54,55). The second-order valence-electron chi connectivity index (χ2n) is 15.2. The zero-order chi connectivity index (χ0) is 41.0. The summed E-state index contributed by atoms with van der Waals surface area (Å²) in [5.74, 6) is -1.95. The zero-order valence-electron chi connectivity index (χ0n) is 32.3. The number of carbonyl (C=O) groups excluding carboxylic acids is 6. The Bertz CT molecular complexity index is 2310. The lowest BCUT2D eigenvalue weighted by Crippen LogP contribution is -2.54. The lowest BCUT2D eigenvalue weighted by atomic mass is 9.90. The van der Waals surface area contributed by atoms with E-state index in [2.05, 4.69) is 31.9 Å². The Morgan fingerprint density at radius 2 is 1.56 bits per heavy atom. The Morgan fingerprint density at radius 1 is 0.831 bits per heavy atom. The van der Waals surface area contributed by atoms with Crippen LogP contribution in [-0.4, -0.2) is 94.7 Å². The van der Waals surface area contributed by atoms with E-state index >= 15 is 0 Å². The molecule has 1 unspecified atom stereocenters. The zero-order valence-corrected chi connectivity index (χ0v) is 32.3. The molecule has 15 heteroatoms. The van der Waals surface area contributed by atoms with Crippen LogP contribution in [0.5, 0.6) is 0 Å². The first-order chi connectivity index (χ1) is 28.7. The summed E-state index contributed by atoms with van der Waals surface area (Å²) >= 11 is 0. The highest BCUT2D eigenvalue weighted by Gasteiger charge is 2.45. The van der Waals surface area contributed by atoms with Crippen LogP contribution in [0.4, 0.5) is 22.0 Å². The molecule has 1 atom stereocenters. The Balaban J connectivity index is 0.901. The SMILES string of the molecule is N#Cc1ccc(NC2CCC(N(C(=O)NCc3ccccc3)c3ccc(N4CCN(C(=O)c5ccc6c(c5)C(=O)N(C5CCC(=O)NC5=O)C6=O)CC4)cc3)CC2)nc1. The molecule has 0 spiro atoms. The molecule has 0 radical (unpaired) electrons. The van der Waals surface area contributed by atoms with Gasteiger partial charge in [0.05, 0.1) is 16.7 Å². The largest absolute Gasteiger partial charge is 0.368 e. The number of benzene rings is 3. The number of imide groups is 2. The molecule has 59 heavy (non-hydrogen) atoms. The van der Waals surface area contributed by atoms with Crippen molar-refractivity contribution in [3.63, 3.8) is 0 Å². The van der Waals surface area contributed by atoms with Gasteiger partial charge in [0.2, 0.25) is 11.8 Å². The Morgan fingerprint density at radius 3 is 2.24 bits per heavy atom. The molecule has 3 aliphatic heterocycles. The predicted octanol–water partition coefficient (Wildman–Crippen LogP) is 4.46. The predicted molar refractivity (Wildman–Crippen MR) is 217 cm³/mol. The van der Waals surface area contributed by atoms with E-state index in [0.717, 1.165) is 53.3 Å². The number of nitrogens with one attached hydrogen (secondary N) is 3. The number of rotatable bonds is 9. The molecule has 8 rings (SSSR count). The molecule has 3 aromatic carbocycles. The maximum absolute atomic E-state index is 13.9. The van der Waals surface area contributed by atoms with Gasteiger partial charge in [-0.1, -0.05) is 30.3 Å². The van der Waals surface area contributed by atoms with Crippen LogP contribution >= 0.6 is 0 Å². The van der Waals surface area contributed by atoms with E-state index in [9.17, 15) is 28.8 Å². The third-order valence-electron chi connectivity index (χ3n) is 11.6. The number of hydrogen-bond donors (Lipinski definition) is 3. The smallest absolute Gasteiger partial charge is 0.322 e. The van der Waals surface area contributed by atoms with Gasteiger partial charge in [0.15, 0.2) is 0 Å². The monoisotopic (exact) mass is 793 g/mol. The summed E-state index contributed by atoms with van der Waals surface area (Å²) in [6.45, 7) is 2.37. The minimum atomic E-state index is -1.08. The number of amides is 7. The second kappa shape index (κ2) is 16.8. The van der Waals surface area contributed by atoms with Gasteiger partial charge in [-0.15, -0.1) is 0 Å². The second-order valence-corrected chi connectivity index (χ2v) is 15.2. The number of carbonyl (C=O) groups is 6. The van der Waals surface area contributed by atoms with Gasteiger partial charge in [-0.2, -0.15) is 5.26 Å². The van der Waals surface area contributed by atoms with E-state index in [1.54, 1.807) is 17.2 Å². The van der Waals surface area contributed by atoms with Gasteiger partial charge < -0.3 is 20.4 Å². The van der Waals surface area contributed by atoms with Gasteiger partial charge in [-0.05, 0) is 92.3 Å². The molecule has 15 nitrogen and oxygen atoms in total. The number of hydrogen-bond acceptors (Lipinski definition) is 10. The third-order valence-corrected chi connectivity index (χ3v) is 11.6. The van der Waals surface area contributed by atoms with Crippen molar-refractivity contribution >= 4 is 52.8 Å². The summed E-state index contributed by atoms with van der Waals surface area (Å²) in [6, 6.07) is 26.7. The molecule has 4 aromatic rings. The highest BCUT2D eigenvalue weighted by Crippen LogP contribution is 2.32. The van der Waals surface area contributed by atoms with Crippen molar-refractivity contribution in [3.05, 3.63) is 119 Å². The van der Waals surface area contributed by atoms with Crippen LogP contribution in [0, 0.1) is 11.3 Å². The minimum absolute atomic E-state index is 0.0220. The van der Waals surface area contributed by atoms with Crippen LogP contribution in [0.1, 0.15) is 80.7 Å². The van der Waals surface area contributed by atoms with Crippen LogP contribution in [0.2, 0.25) is 0 Å². The highest BCUT2D eigenvalue weighted by molar-refractivity contribution is 6.24.